The van der Waals surface area contributed by atoms with Gasteiger partial charge in [0.05, 0.1) is 4.90 Å². The molecule has 1 aromatic rings. The molecule has 1 atom stereocenters. The molecule has 0 aliphatic heterocycles. The van der Waals surface area contributed by atoms with Crippen LogP contribution in [0.1, 0.15) is 23.6 Å². The van der Waals surface area contributed by atoms with Gasteiger partial charge in [-0.05, 0) is 25.8 Å². The average molecular weight is 318 g/mol. The molecule has 0 bridgehead atoms. The predicted octanol–water partition coefficient (Wildman–Crippen LogP) is 1.76. The second-order valence-electron chi connectivity index (χ2n) is 5.35. The van der Waals surface area contributed by atoms with Crippen molar-refractivity contribution in [2.24, 2.45) is 5.92 Å². The standard InChI is InChI=1S/C13H22N2O3S2/c1-8(2)12(13(16)15(5)6)14-20(17,18)11-7-9(3)19-10(11)4/h7-8,12,14H,1-6H3/t12-/m1/s1. The molecule has 1 heterocycles. The first-order valence-electron chi connectivity index (χ1n) is 6.36. The van der Waals surface area contributed by atoms with Crippen LogP contribution >= 0.6 is 11.3 Å². The average Bonchev–Trinajstić information content (AvgIpc) is 2.65. The van der Waals surface area contributed by atoms with E-state index in [9.17, 15) is 13.2 Å². The summed E-state index contributed by atoms with van der Waals surface area (Å²) in [7, 11) is -0.446. The van der Waals surface area contributed by atoms with E-state index in [2.05, 4.69) is 4.72 Å². The summed E-state index contributed by atoms with van der Waals surface area (Å²) in [6.07, 6.45) is 0. The summed E-state index contributed by atoms with van der Waals surface area (Å²) < 4.78 is 27.4. The first kappa shape index (κ1) is 17.1. The molecule has 7 heteroatoms. The van der Waals surface area contributed by atoms with Gasteiger partial charge in [-0.25, -0.2) is 8.42 Å². The van der Waals surface area contributed by atoms with E-state index in [1.54, 1.807) is 27.1 Å². The predicted molar refractivity (Wildman–Crippen MR) is 81.4 cm³/mol. The normalized spacial score (nSPS) is 13.6. The van der Waals surface area contributed by atoms with E-state index >= 15 is 0 Å². The van der Waals surface area contributed by atoms with Gasteiger partial charge in [0.25, 0.3) is 0 Å². The van der Waals surface area contributed by atoms with Crippen molar-refractivity contribution >= 4 is 27.3 Å². The maximum Gasteiger partial charge on any atom is 0.242 e. The highest BCUT2D eigenvalue weighted by Crippen LogP contribution is 2.25. The molecule has 5 nitrogen and oxygen atoms in total. The van der Waals surface area contributed by atoms with E-state index in [1.807, 2.05) is 20.8 Å². The van der Waals surface area contributed by atoms with Crippen molar-refractivity contribution in [1.82, 2.24) is 9.62 Å². The van der Waals surface area contributed by atoms with Crippen LogP contribution in [0.15, 0.2) is 11.0 Å². The Labute approximate surface area is 125 Å². The SMILES string of the molecule is Cc1cc(S(=O)(=O)N[C@@H](C(=O)N(C)C)C(C)C)c(C)s1. The summed E-state index contributed by atoms with van der Waals surface area (Å²) in [5.41, 5.74) is 0. The Hall–Kier alpha value is -0.920. The van der Waals surface area contributed by atoms with E-state index in [0.29, 0.717) is 0 Å². The van der Waals surface area contributed by atoms with Gasteiger partial charge in [0.15, 0.2) is 0 Å². The number of hydrogen-bond donors (Lipinski definition) is 1. The third-order valence-electron chi connectivity index (χ3n) is 2.94. The summed E-state index contributed by atoms with van der Waals surface area (Å²) >= 11 is 1.43. The third-order valence-corrected chi connectivity index (χ3v) is 5.60. The summed E-state index contributed by atoms with van der Waals surface area (Å²) in [4.78, 5) is 15.4. The van der Waals surface area contributed by atoms with Gasteiger partial charge >= 0.3 is 0 Å². The lowest BCUT2D eigenvalue weighted by Crippen LogP contribution is -2.49. The Morgan fingerprint density at radius 2 is 1.85 bits per heavy atom. The Morgan fingerprint density at radius 1 is 1.30 bits per heavy atom. The van der Waals surface area contributed by atoms with Gasteiger partial charge in [0, 0.05) is 23.8 Å². The monoisotopic (exact) mass is 318 g/mol. The van der Waals surface area contributed by atoms with Crippen molar-refractivity contribution < 1.29 is 13.2 Å². The molecule has 114 valence electrons. The minimum atomic E-state index is -3.68. The summed E-state index contributed by atoms with van der Waals surface area (Å²) in [5.74, 6) is -0.368. The van der Waals surface area contributed by atoms with Crippen molar-refractivity contribution in [3.63, 3.8) is 0 Å². The Kier molecular flexibility index (Phi) is 5.34. The number of rotatable bonds is 5. The number of hydrogen-bond acceptors (Lipinski definition) is 4. The topological polar surface area (TPSA) is 66.5 Å². The summed E-state index contributed by atoms with van der Waals surface area (Å²) in [6.45, 7) is 7.27. The number of amides is 1. The minimum absolute atomic E-state index is 0.125. The van der Waals surface area contributed by atoms with Gasteiger partial charge in [-0.2, -0.15) is 4.72 Å². The van der Waals surface area contributed by atoms with Crippen molar-refractivity contribution in [3.05, 3.63) is 15.8 Å². The smallest absolute Gasteiger partial charge is 0.242 e. The lowest BCUT2D eigenvalue weighted by Gasteiger charge is -2.24. The van der Waals surface area contributed by atoms with Gasteiger partial charge in [-0.15, -0.1) is 11.3 Å². The fraction of sp³-hybridized carbons (Fsp3) is 0.615. The number of nitrogens with one attached hydrogen (secondary N) is 1. The van der Waals surface area contributed by atoms with Crippen LogP contribution in [0.4, 0.5) is 0 Å². The minimum Gasteiger partial charge on any atom is -0.347 e. The van der Waals surface area contributed by atoms with Crippen molar-refractivity contribution in [1.29, 1.82) is 0 Å². The molecule has 20 heavy (non-hydrogen) atoms. The van der Waals surface area contributed by atoms with Gasteiger partial charge in [-0.1, -0.05) is 13.8 Å². The number of carbonyl (C=O) groups is 1. The van der Waals surface area contributed by atoms with Crippen molar-refractivity contribution in [3.8, 4) is 0 Å². The van der Waals surface area contributed by atoms with Gasteiger partial charge in [0.1, 0.15) is 6.04 Å². The van der Waals surface area contributed by atoms with Crippen LogP contribution < -0.4 is 4.72 Å². The molecule has 0 aliphatic rings. The highest BCUT2D eigenvalue weighted by molar-refractivity contribution is 7.89. The van der Waals surface area contributed by atoms with Gasteiger partial charge in [-0.3, -0.25) is 4.79 Å². The van der Waals surface area contributed by atoms with Crippen molar-refractivity contribution in [2.45, 2.75) is 38.6 Å². The van der Waals surface area contributed by atoms with Crippen LogP contribution in [-0.2, 0) is 14.8 Å². The quantitative estimate of drug-likeness (QED) is 0.899. The molecule has 1 amide bonds. The van der Waals surface area contributed by atoms with E-state index in [4.69, 9.17) is 0 Å². The molecule has 0 radical (unpaired) electrons. The van der Waals surface area contributed by atoms with Crippen LogP contribution in [0.3, 0.4) is 0 Å². The molecule has 0 saturated carbocycles. The number of likely N-dealkylation sites (N-methyl/N-ethyl adjacent to an activating group) is 1. The maximum atomic E-state index is 12.4. The fourth-order valence-electron chi connectivity index (χ4n) is 1.85. The summed E-state index contributed by atoms with van der Waals surface area (Å²) in [5, 5.41) is 0. The maximum absolute atomic E-state index is 12.4. The van der Waals surface area contributed by atoms with Crippen LogP contribution in [0, 0.1) is 19.8 Å². The van der Waals surface area contributed by atoms with E-state index in [0.717, 1.165) is 9.75 Å². The Balaban J connectivity index is 3.10. The third kappa shape index (κ3) is 3.80. The largest absolute Gasteiger partial charge is 0.347 e. The fourth-order valence-corrected chi connectivity index (χ4v) is 4.75. The molecule has 0 aliphatic carbocycles. The zero-order valence-corrected chi connectivity index (χ0v) is 14.4. The van der Waals surface area contributed by atoms with Crippen LogP contribution in [-0.4, -0.2) is 39.4 Å². The molecule has 1 N–H and O–H groups in total. The molecule has 0 fully saturated rings. The lowest BCUT2D eigenvalue weighted by molar-refractivity contribution is -0.131. The van der Waals surface area contributed by atoms with Crippen LogP contribution in [0.2, 0.25) is 0 Å². The van der Waals surface area contributed by atoms with Gasteiger partial charge in [0.2, 0.25) is 15.9 Å². The highest BCUT2D eigenvalue weighted by Gasteiger charge is 2.30. The second kappa shape index (κ2) is 6.24. The van der Waals surface area contributed by atoms with Crippen LogP contribution in [0.25, 0.3) is 0 Å². The Morgan fingerprint density at radius 3 is 2.20 bits per heavy atom. The molecule has 0 saturated heterocycles. The molecular formula is C13H22N2O3S2. The lowest BCUT2D eigenvalue weighted by atomic mass is 10.0. The van der Waals surface area contributed by atoms with Crippen molar-refractivity contribution in [2.75, 3.05) is 14.1 Å². The molecule has 1 rings (SSSR count). The van der Waals surface area contributed by atoms with Crippen LogP contribution in [0.5, 0.6) is 0 Å². The van der Waals surface area contributed by atoms with Gasteiger partial charge < -0.3 is 4.90 Å². The Bertz CT molecular complexity index is 589. The molecule has 0 spiro atoms. The van der Waals surface area contributed by atoms with E-state index in [-0.39, 0.29) is 16.7 Å². The number of carbonyl (C=O) groups excluding carboxylic acids is 1. The number of aryl methyl sites for hydroxylation is 2. The molecule has 0 unspecified atom stereocenters. The molecule has 0 aromatic carbocycles. The number of sulfonamides is 1. The zero-order chi connectivity index (χ0) is 15.7. The molecule has 1 aromatic heterocycles. The number of thiophene rings is 1. The summed E-state index contributed by atoms with van der Waals surface area (Å²) in [6, 6.07) is 0.884. The molecular weight excluding hydrogens is 296 g/mol. The first-order chi connectivity index (χ1) is 9.06. The second-order valence-corrected chi connectivity index (χ2v) is 8.50. The van der Waals surface area contributed by atoms with E-state index < -0.39 is 16.1 Å². The first-order valence-corrected chi connectivity index (χ1v) is 8.66. The zero-order valence-electron chi connectivity index (χ0n) is 12.7. The van der Waals surface area contributed by atoms with E-state index in [1.165, 1.54) is 16.2 Å². The number of nitrogens with zero attached hydrogens (tertiary/aromatic N) is 1. The highest BCUT2D eigenvalue weighted by atomic mass is 32.2.